The summed E-state index contributed by atoms with van der Waals surface area (Å²) >= 11 is 5.76. The predicted octanol–water partition coefficient (Wildman–Crippen LogP) is 5.04. The van der Waals surface area contributed by atoms with Crippen molar-refractivity contribution in [2.24, 2.45) is 0 Å². The zero-order chi connectivity index (χ0) is 21.5. The fourth-order valence-corrected chi connectivity index (χ4v) is 2.73. The van der Waals surface area contributed by atoms with Crippen molar-refractivity contribution in [3.8, 4) is 11.5 Å². The fraction of sp³-hybridized carbons (Fsp3) is 0. The average Bonchev–Trinajstić information content (AvgIpc) is 2.75. The van der Waals surface area contributed by atoms with Crippen LogP contribution in [-0.4, -0.2) is 17.0 Å². The number of hydroxylamine groups is 1. The van der Waals surface area contributed by atoms with E-state index in [0.29, 0.717) is 11.3 Å². The molecule has 0 saturated heterocycles. The molecule has 0 aliphatic rings. The van der Waals surface area contributed by atoms with E-state index in [4.69, 9.17) is 21.5 Å². The minimum atomic E-state index is -0.708. The Hall–Kier alpha value is -3.68. The molecule has 30 heavy (non-hydrogen) atoms. The maximum absolute atomic E-state index is 14.1. The molecule has 0 aliphatic carbocycles. The van der Waals surface area contributed by atoms with E-state index in [9.17, 15) is 14.0 Å². The van der Waals surface area contributed by atoms with E-state index in [-0.39, 0.29) is 22.1 Å². The molecule has 3 rings (SSSR count). The van der Waals surface area contributed by atoms with Crippen molar-refractivity contribution in [2.75, 3.05) is 5.32 Å². The zero-order valence-electron chi connectivity index (χ0n) is 15.4. The van der Waals surface area contributed by atoms with E-state index >= 15 is 0 Å². The second-order valence-corrected chi connectivity index (χ2v) is 6.46. The van der Waals surface area contributed by atoms with Crippen LogP contribution < -0.4 is 15.5 Å². The van der Waals surface area contributed by atoms with Crippen molar-refractivity contribution in [3.05, 3.63) is 94.8 Å². The van der Waals surface area contributed by atoms with E-state index in [0.717, 1.165) is 12.1 Å². The molecule has 0 aromatic heterocycles. The van der Waals surface area contributed by atoms with Crippen molar-refractivity contribution < 1.29 is 23.9 Å². The standard InChI is InChI=1S/C22H16ClFN2O4/c23-15-10-11-20(17(24)13-15)30-19-8-4-2-6-16(19)22(28)25-18-7-3-1-5-14(18)9-12-21(27)26-29/h1-13,29H,(H,25,28)(H,26,27)/b12-9+. The van der Waals surface area contributed by atoms with Crippen LogP contribution in [0.3, 0.4) is 0 Å². The lowest BCUT2D eigenvalue weighted by Gasteiger charge is -2.13. The van der Waals surface area contributed by atoms with Gasteiger partial charge in [0.1, 0.15) is 5.75 Å². The molecule has 0 unspecified atom stereocenters. The molecule has 0 saturated carbocycles. The number of carbonyl (C=O) groups is 2. The van der Waals surface area contributed by atoms with Gasteiger partial charge < -0.3 is 10.1 Å². The van der Waals surface area contributed by atoms with Crippen molar-refractivity contribution >= 4 is 35.2 Å². The van der Waals surface area contributed by atoms with Gasteiger partial charge in [-0.3, -0.25) is 14.8 Å². The molecule has 0 atom stereocenters. The quantitative estimate of drug-likeness (QED) is 0.292. The van der Waals surface area contributed by atoms with E-state index < -0.39 is 17.6 Å². The molecule has 2 amide bonds. The highest BCUT2D eigenvalue weighted by Gasteiger charge is 2.15. The third-order valence-electron chi connectivity index (χ3n) is 3.98. The van der Waals surface area contributed by atoms with Crippen LogP contribution in [0.2, 0.25) is 5.02 Å². The van der Waals surface area contributed by atoms with Crippen LogP contribution >= 0.6 is 11.6 Å². The third-order valence-corrected chi connectivity index (χ3v) is 4.21. The molecule has 6 nitrogen and oxygen atoms in total. The summed E-state index contributed by atoms with van der Waals surface area (Å²) in [5.41, 5.74) is 2.64. The van der Waals surface area contributed by atoms with Crippen LogP contribution in [0, 0.1) is 5.82 Å². The Morgan fingerprint density at radius 2 is 1.73 bits per heavy atom. The van der Waals surface area contributed by atoms with Gasteiger partial charge in [0.2, 0.25) is 0 Å². The Balaban J connectivity index is 1.85. The largest absolute Gasteiger partial charge is 0.453 e. The van der Waals surface area contributed by atoms with Crippen molar-refractivity contribution in [1.29, 1.82) is 0 Å². The molecular formula is C22H16ClFN2O4. The number of anilines is 1. The smallest absolute Gasteiger partial charge is 0.267 e. The first-order valence-electron chi connectivity index (χ1n) is 8.72. The summed E-state index contributed by atoms with van der Waals surface area (Å²) < 4.78 is 19.7. The molecule has 0 radical (unpaired) electrons. The molecule has 0 bridgehead atoms. The number of carbonyl (C=O) groups excluding carboxylic acids is 2. The first-order chi connectivity index (χ1) is 14.5. The van der Waals surface area contributed by atoms with Gasteiger partial charge in [-0.15, -0.1) is 0 Å². The molecule has 8 heteroatoms. The predicted molar refractivity (Wildman–Crippen MR) is 111 cm³/mol. The summed E-state index contributed by atoms with van der Waals surface area (Å²) in [6.07, 6.45) is 2.55. The average molecular weight is 427 g/mol. The van der Waals surface area contributed by atoms with Crippen molar-refractivity contribution in [1.82, 2.24) is 5.48 Å². The lowest BCUT2D eigenvalue weighted by molar-refractivity contribution is -0.124. The summed E-state index contributed by atoms with van der Waals surface area (Å²) in [4.78, 5) is 24.1. The number of amides is 2. The number of rotatable bonds is 6. The van der Waals surface area contributed by atoms with Gasteiger partial charge in [-0.05, 0) is 48.0 Å². The highest BCUT2D eigenvalue weighted by Crippen LogP contribution is 2.30. The maximum atomic E-state index is 14.1. The number of para-hydroxylation sites is 2. The number of benzene rings is 3. The zero-order valence-corrected chi connectivity index (χ0v) is 16.2. The van der Waals surface area contributed by atoms with Crippen LogP contribution in [0.1, 0.15) is 15.9 Å². The van der Waals surface area contributed by atoms with Gasteiger partial charge in [0.15, 0.2) is 11.6 Å². The summed E-state index contributed by atoms with van der Waals surface area (Å²) in [5.74, 6) is -1.77. The monoisotopic (exact) mass is 426 g/mol. The molecule has 0 heterocycles. The summed E-state index contributed by atoms with van der Waals surface area (Å²) in [5, 5.41) is 11.6. The van der Waals surface area contributed by atoms with Crippen molar-refractivity contribution in [3.63, 3.8) is 0 Å². The fourth-order valence-electron chi connectivity index (χ4n) is 2.57. The minimum Gasteiger partial charge on any atom is -0.453 e. The van der Waals surface area contributed by atoms with Crippen LogP contribution in [0.25, 0.3) is 6.08 Å². The number of ether oxygens (including phenoxy) is 1. The highest BCUT2D eigenvalue weighted by atomic mass is 35.5. The Morgan fingerprint density at radius 1 is 1.00 bits per heavy atom. The van der Waals surface area contributed by atoms with Gasteiger partial charge >= 0.3 is 0 Å². The van der Waals surface area contributed by atoms with E-state index in [1.807, 2.05) is 0 Å². The van der Waals surface area contributed by atoms with Crippen LogP contribution in [0.15, 0.2) is 72.8 Å². The minimum absolute atomic E-state index is 0.0713. The summed E-state index contributed by atoms with van der Waals surface area (Å²) in [6, 6.07) is 17.1. The van der Waals surface area contributed by atoms with E-state index in [1.54, 1.807) is 42.5 Å². The van der Waals surface area contributed by atoms with Gasteiger partial charge in [0.05, 0.1) is 5.56 Å². The van der Waals surface area contributed by atoms with E-state index in [2.05, 4.69) is 5.32 Å². The molecule has 3 N–H and O–H groups in total. The second-order valence-electron chi connectivity index (χ2n) is 6.02. The molecule has 3 aromatic rings. The third kappa shape index (κ3) is 5.22. The lowest BCUT2D eigenvalue weighted by atomic mass is 10.1. The number of halogens is 2. The first-order valence-corrected chi connectivity index (χ1v) is 9.10. The molecular weight excluding hydrogens is 411 g/mol. The number of nitrogens with one attached hydrogen (secondary N) is 2. The summed E-state index contributed by atoms with van der Waals surface area (Å²) in [6.45, 7) is 0. The van der Waals surface area contributed by atoms with Gasteiger partial charge in [-0.1, -0.05) is 41.9 Å². The maximum Gasteiger partial charge on any atom is 0.267 e. The number of hydrogen-bond acceptors (Lipinski definition) is 4. The molecule has 3 aromatic carbocycles. The molecule has 0 fully saturated rings. The van der Waals surface area contributed by atoms with Gasteiger partial charge in [0.25, 0.3) is 11.8 Å². The van der Waals surface area contributed by atoms with Crippen molar-refractivity contribution in [2.45, 2.75) is 0 Å². The molecule has 0 spiro atoms. The van der Waals surface area contributed by atoms with Crippen LogP contribution in [-0.2, 0) is 4.79 Å². The first kappa shape index (κ1) is 21.0. The van der Waals surface area contributed by atoms with Gasteiger partial charge in [-0.25, -0.2) is 9.87 Å². The normalized spacial score (nSPS) is 10.6. The molecule has 0 aliphatic heterocycles. The molecule has 152 valence electrons. The Kier molecular flexibility index (Phi) is 6.79. The Labute approximate surface area is 176 Å². The highest BCUT2D eigenvalue weighted by molar-refractivity contribution is 6.30. The topological polar surface area (TPSA) is 87.7 Å². The Bertz CT molecular complexity index is 1120. The van der Waals surface area contributed by atoms with E-state index in [1.165, 1.54) is 29.8 Å². The Morgan fingerprint density at radius 3 is 2.50 bits per heavy atom. The lowest BCUT2D eigenvalue weighted by Crippen LogP contribution is -2.15. The SMILES string of the molecule is O=C(/C=C/c1ccccc1NC(=O)c1ccccc1Oc1ccc(Cl)cc1F)NO. The van der Waals surface area contributed by atoms with Crippen LogP contribution in [0.4, 0.5) is 10.1 Å². The second kappa shape index (κ2) is 9.69. The van der Waals surface area contributed by atoms with Gasteiger partial charge in [0, 0.05) is 16.8 Å². The summed E-state index contributed by atoms with van der Waals surface area (Å²) in [7, 11) is 0. The van der Waals surface area contributed by atoms with Crippen LogP contribution in [0.5, 0.6) is 11.5 Å². The number of hydrogen-bond donors (Lipinski definition) is 3. The van der Waals surface area contributed by atoms with Gasteiger partial charge in [-0.2, -0.15) is 0 Å².